The second-order valence-electron chi connectivity index (χ2n) is 7.15. The highest BCUT2D eigenvalue weighted by molar-refractivity contribution is 7.99. The van der Waals surface area contributed by atoms with E-state index in [0.717, 1.165) is 24.7 Å². The van der Waals surface area contributed by atoms with Gasteiger partial charge in [0, 0.05) is 10.9 Å². The number of methoxy groups -OCH3 is 1. The molecule has 33 heavy (non-hydrogen) atoms. The lowest BCUT2D eigenvalue weighted by atomic mass is 10.0. The number of rotatable bonds is 6. The van der Waals surface area contributed by atoms with Gasteiger partial charge in [-0.15, -0.1) is 13.2 Å². The van der Waals surface area contributed by atoms with Crippen LogP contribution in [0.4, 0.5) is 18.9 Å². The van der Waals surface area contributed by atoms with E-state index in [4.69, 9.17) is 0 Å². The molecule has 0 saturated carbocycles. The summed E-state index contributed by atoms with van der Waals surface area (Å²) in [5.41, 5.74) is 2.79. The van der Waals surface area contributed by atoms with Crippen molar-refractivity contribution in [2.75, 3.05) is 24.8 Å². The molecule has 1 atom stereocenters. The Bertz CT molecular complexity index is 1050. The van der Waals surface area contributed by atoms with Gasteiger partial charge in [0.2, 0.25) is 0 Å². The number of amides is 1. The summed E-state index contributed by atoms with van der Waals surface area (Å²) in [4.78, 5) is 25.9. The molecule has 0 saturated heterocycles. The largest absolute Gasteiger partial charge is 0.573 e. The number of nitrogens with zero attached hydrogens (tertiary/aromatic N) is 1. The summed E-state index contributed by atoms with van der Waals surface area (Å²) < 4.78 is 45.5. The average molecular weight is 478 g/mol. The maximum atomic E-state index is 12.7. The van der Waals surface area contributed by atoms with Crippen LogP contribution in [0.2, 0.25) is 0 Å². The van der Waals surface area contributed by atoms with Gasteiger partial charge in [0.1, 0.15) is 5.75 Å². The van der Waals surface area contributed by atoms with Gasteiger partial charge in [0.15, 0.2) is 0 Å². The van der Waals surface area contributed by atoms with Crippen molar-refractivity contribution < 1.29 is 32.2 Å². The van der Waals surface area contributed by atoms with Crippen LogP contribution in [0.3, 0.4) is 0 Å². The SMILES string of the molecule is COC(=O)C(=O)N(CC1=CCC(SC)C=C1)c1ccc(-c2ccc(OC(F)(F)F)cc2)cc1. The lowest BCUT2D eigenvalue weighted by molar-refractivity contribution is -0.274. The first-order valence-corrected chi connectivity index (χ1v) is 11.2. The fourth-order valence-corrected chi connectivity index (χ4v) is 3.80. The van der Waals surface area contributed by atoms with Crippen molar-refractivity contribution in [1.82, 2.24) is 0 Å². The third kappa shape index (κ3) is 6.64. The number of ether oxygens (including phenoxy) is 2. The van der Waals surface area contributed by atoms with Gasteiger partial charge >= 0.3 is 18.2 Å². The van der Waals surface area contributed by atoms with Crippen LogP contribution in [0.5, 0.6) is 5.75 Å². The number of esters is 1. The summed E-state index contributed by atoms with van der Waals surface area (Å²) in [7, 11) is 1.15. The zero-order chi connectivity index (χ0) is 24.0. The number of carbonyl (C=O) groups excluding carboxylic acids is 2. The second kappa shape index (κ2) is 10.6. The first kappa shape index (κ1) is 24.4. The van der Waals surface area contributed by atoms with E-state index in [1.807, 2.05) is 18.4 Å². The molecule has 0 radical (unpaired) electrons. The number of allylic oxidation sites excluding steroid dienone is 1. The number of carbonyl (C=O) groups is 2. The van der Waals surface area contributed by atoms with Gasteiger partial charge in [-0.2, -0.15) is 11.8 Å². The number of halogens is 3. The standard InChI is InChI=1S/C24H22F3NO4S/c1-31-23(30)22(29)28(15-16-3-13-21(33-2)14-4-16)19-9-5-17(6-10-19)18-7-11-20(12-8-18)32-24(25,26)27/h3-13,21H,14-15H2,1-2H3. The topological polar surface area (TPSA) is 55.8 Å². The highest BCUT2D eigenvalue weighted by atomic mass is 32.2. The molecule has 0 heterocycles. The lowest BCUT2D eigenvalue weighted by Gasteiger charge is -2.24. The Kier molecular flexibility index (Phi) is 7.86. The molecule has 0 bridgehead atoms. The normalized spacial score (nSPS) is 15.5. The number of benzene rings is 2. The van der Waals surface area contributed by atoms with Gasteiger partial charge in [0.05, 0.1) is 13.7 Å². The Morgan fingerprint density at radius 2 is 1.67 bits per heavy atom. The monoisotopic (exact) mass is 477 g/mol. The van der Waals surface area contributed by atoms with Crippen molar-refractivity contribution in [3.05, 3.63) is 72.3 Å². The Balaban J connectivity index is 1.80. The van der Waals surface area contributed by atoms with Gasteiger partial charge in [0.25, 0.3) is 0 Å². The van der Waals surface area contributed by atoms with Gasteiger partial charge in [-0.05, 0) is 53.6 Å². The van der Waals surface area contributed by atoms with E-state index < -0.39 is 18.2 Å². The minimum atomic E-state index is -4.75. The Labute approximate surface area is 193 Å². The van der Waals surface area contributed by atoms with E-state index in [2.05, 4.69) is 15.5 Å². The maximum absolute atomic E-state index is 12.7. The van der Waals surface area contributed by atoms with Gasteiger partial charge in [-0.1, -0.05) is 42.5 Å². The van der Waals surface area contributed by atoms with E-state index in [-0.39, 0.29) is 12.3 Å². The maximum Gasteiger partial charge on any atom is 0.573 e. The van der Waals surface area contributed by atoms with Crippen LogP contribution in [-0.4, -0.2) is 43.4 Å². The van der Waals surface area contributed by atoms with Crippen LogP contribution in [-0.2, 0) is 14.3 Å². The van der Waals surface area contributed by atoms with Crippen molar-refractivity contribution in [1.29, 1.82) is 0 Å². The molecule has 1 amide bonds. The molecule has 9 heteroatoms. The van der Waals surface area contributed by atoms with E-state index in [1.54, 1.807) is 36.0 Å². The first-order valence-electron chi connectivity index (χ1n) is 9.96. The predicted octanol–water partition coefficient (Wildman–Crippen LogP) is 5.38. The van der Waals surface area contributed by atoms with Crippen LogP contribution in [0.1, 0.15) is 6.42 Å². The summed E-state index contributed by atoms with van der Waals surface area (Å²) in [6.45, 7) is 0.203. The van der Waals surface area contributed by atoms with Crippen LogP contribution >= 0.6 is 11.8 Å². The summed E-state index contributed by atoms with van der Waals surface area (Å²) >= 11 is 1.73. The minimum absolute atomic E-state index is 0.203. The van der Waals surface area contributed by atoms with E-state index in [9.17, 15) is 22.8 Å². The molecule has 3 rings (SSSR count). The minimum Gasteiger partial charge on any atom is -0.462 e. The van der Waals surface area contributed by atoms with Crippen molar-refractivity contribution >= 4 is 29.3 Å². The zero-order valence-corrected chi connectivity index (χ0v) is 18.8. The highest BCUT2D eigenvalue weighted by Crippen LogP contribution is 2.29. The summed E-state index contributed by atoms with van der Waals surface area (Å²) in [6.07, 6.45) is 4.16. The van der Waals surface area contributed by atoms with Crippen molar-refractivity contribution in [2.45, 2.75) is 18.0 Å². The van der Waals surface area contributed by atoms with Gasteiger partial charge in [-0.25, -0.2) is 4.79 Å². The molecule has 0 fully saturated rings. The number of thioether (sulfide) groups is 1. The van der Waals surface area contributed by atoms with E-state index in [0.29, 0.717) is 16.5 Å². The molecule has 0 N–H and O–H groups in total. The molecule has 5 nitrogen and oxygen atoms in total. The van der Waals surface area contributed by atoms with Crippen molar-refractivity contribution in [2.24, 2.45) is 0 Å². The molecule has 1 aliphatic carbocycles. The van der Waals surface area contributed by atoms with E-state index >= 15 is 0 Å². The lowest BCUT2D eigenvalue weighted by Crippen LogP contribution is -2.38. The second-order valence-corrected chi connectivity index (χ2v) is 8.23. The molecule has 1 aliphatic rings. The van der Waals surface area contributed by atoms with Crippen LogP contribution in [0.15, 0.2) is 72.3 Å². The predicted molar refractivity (Wildman–Crippen MR) is 122 cm³/mol. The third-order valence-corrected chi connectivity index (χ3v) is 5.94. The fraction of sp³-hybridized carbons (Fsp3) is 0.250. The summed E-state index contributed by atoms with van der Waals surface area (Å²) in [5, 5.41) is 0.380. The molecule has 0 spiro atoms. The number of hydrogen-bond acceptors (Lipinski definition) is 5. The smallest absolute Gasteiger partial charge is 0.462 e. The van der Waals surface area contributed by atoms with Crippen LogP contribution in [0, 0.1) is 0 Å². The highest BCUT2D eigenvalue weighted by Gasteiger charge is 2.31. The summed E-state index contributed by atoms with van der Waals surface area (Å²) in [5.74, 6) is -2.07. The van der Waals surface area contributed by atoms with Crippen molar-refractivity contribution in [3.8, 4) is 16.9 Å². The molecule has 0 aliphatic heterocycles. The van der Waals surface area contributed by atoms with E-state index in [1.165, 1.54) is 29.2 Å². The molecule has 2 aromatic carbocycles. The quantitative estimate of drug-likeness (QED) is 0.413. The number of hydrogen-bond donors (Lipinski definition) is 0. The number of anilines is 1. The molecule has 1 unspecified atom stereocenters. The third-order valence-electron chi connectivity index (χ3n) is 4.99. The van der Waals surface area contributed by atoms with Gasteiger partial charge < -0.3 is 9.47 Å². The molecular formula is C24H22F3NO4S. The molecule has 2 aromatic rings. The Hall–Kier alpha value is -3.20. The van der Waals surface area contributed by atoms with Crippen LogP contribution in [0.25, 0.3) is 11.1 Å². The van der Waals surface area contributed by atoms with Gasteiger partial charge in [-0.3, -0.25) is 9.69 Å². The summed E-state index contributed by atoms with van der Waals surface area (Å²) in [6, 6.07) is 12.3. The Morgan fingerprint density at radius 3 is 2.15 bits per heavy atom. The first-order chi connectivity index (χ1) is 15.7. The average Bonchev–Trinajstić information content (AvgIpc) is 2.81. The Morgan fingerprint density at radius 1 is 1.06 bits per heavy atom. The van der Waals surface area contributed by atoms with Crippen molar-refractivity contribution in [3.63, 3.8) is 0 Å². The molecule has 174 valence electrons. The number of alkyl halides is 3. The zero-order valence-electron chi connectivity index (χ0n) is 18.0. The molecular weight excluding hydrogens is 455 g/mol. The van der Waals surface area contributed by atoms with Crippen LogP contribution < -0.4 is 9.64 Å². The fourth-order valence-electron chi connectivity index (χ4n) is 3.28. The molecule has 0 aromatic heterocycles.